The van der Waals surface area contributed by atoms with Crippen LogP contribution in [0.5, 0.6) is 5.75 Å². The normalized spacial score (nSPS) is 11.9. The summed E-state index contributed by atoms with van der Waals surface area (Å²) in [6.45, 7) is 3.32. The van der Waals surface area contributed by atoms with Gasteiger partial charge < -0.3 is 9.15 Å². The molecule has 0 fully saturated rings. The summed E-state index contributed by atoms with van der Waals surface area (Å²) in [4.78, 5) is 16.8. The van der Waals surface area contributed by atoms with Crippen molar-refractivity contribution < 1.29 is 22.3 Å². The van der Waals surface area contributed by atoms with Gasteiger partial charge in [-0.25, -0.2) is 4.98 Å². The van der Waals surface area contributed by atoms with E-state index in [0.717, 1.165) is 11.3 Å². The summed E-state index contributed by atoms with van der Waals surface area (Å²) in [6.07, 6.45) is -4.82. The lowest BCUT2D eigenvalue weighted by atomic mass is 10.1. The number of aryl methyl sites for hydroxylation is 2. The van der Waals surface area contributed by atoms with E-state index in [4.69, 9.17) is 9.15 Å². The van der Waals surface area contributed by atoms with E-state index in [9.17, 15) is 18.0 Å². The first-order valence-corrected chi connectivity index (χ1v) is 7.75. The van der Waals surface area contributed by atoms with Gasteiger partial charge in [-0.3, -0.25) is 4.79 Å². The molecule has 3 rings (SSSR count). The molecular weight excluding hydrogens is 343 g/mol. The minimum Gasteiger partial charge on any atom is -0.496 e. The maximum absolute atomic E-state index is 13.4. The summed E-state index contributed by atoms with van der Waals surface area (Å²) >= 11 is 1.15. The van der Waals surface area contributed by atoms with E-state index in [-0.39, 0.29) is 22.4 Å². The van der Waals surface area contributed by atoms with E-state index in [1.807, 2.05) is 0 Å². The van der Waals surface area contributed by atoms with Crippen LogP contribution in [0.15, 0.2) is 26.7 Å². The first kappa shape index (κ1) is 16.5. The molecule has 0 aliphatic rings. The maximum atomic E-state index is 13.4. The van der Waals surface area contributed by atoms with E-state index >= 15 is 0 Å². The molecule has 2 aromatic heterocycles. The topological polar surface area (TPSA) is 52.3 Å². The molecule has 0 bridgehead atoms. The molecule has 0 amide bonds. The minimum atomic E-state index is -4.82. The van der Waals surface area contributed by atoms with Crippen molar-refractivity contribution in [2.24, 2.45) is 0 Å². The average molecular weight is 355 g/mol. The molecule has 0 aliphatic heterocycles. The van der Waals surface area contributed by atoms with Crippen molar-refractivity contribution >= 4 is 22.3 Å². The SMILES string of the molecule is COc1cc(C)cc2oc(C(F)(F)F)c(-c3csc(C)n3)c(=O)c12. The number of alkyl halides is 3. The first-order chi connectivity index (χ1) is 11.2. The fourth-order valence-corrected chi connectivity index (χ4v) is 3.09. The molecule has 126 valence electrons. The Balaban J connectivity index is 2.51. The maximum Gasteiger partial charge on any atom is 0.450 e. The number of hydrogen-bond donors (Lipinski definition) is 0. The van der Waals surface area contributed by atoms with Crippen molar-refractivity contribution in [3.63, 3.8) is 0 Å². The number of nitrogens with zero attached hydrogens (tertiary/aromatic N) is 1. The van der Waals surface area contributed by atoms with E-state index in [2.05, 4.69) is 4.98 Å². The van der Waals surface area contributed by atoms with Crippen molar-refractivity contribution in [3.8, 4) is 17.0 Å². The third-order valence-electron chi connectivity index (χ3n) is 3.46. The van der Waals surface area contributed by atoms with Crippen LogP contribution in [0.1, 0.15) is 16.3 Å². The Hall–Kier alpha value is -2.35. The Labute approximate surface area is 138 Å². The number of halogens is 3. The Morgan fingerprint density at radius 2 is 1.96 bits per heavy atom. The summed E-state index contributed by atoms with van der Waals surface area (Å²) in [7, 11) is 1.35. The van der Waals surface area contributed by atoms with Crippen LogP contribution in [0.25, 0.3) is 22.2 Å². The highest BCUT2D eigenvalue weighted by Crippen LogP contribution is 2.39. The zero-order valence-electron chi connectivity index (χ0n) is 12.9. The second kappa shape index (κ2) is 5.62. The molecule has 0 N–H and O–H groups in total. The second-order valence-electron chi connectivity index (χ2n) is 5.23. The number of rotatable bonds is 2. The van der Waals surface area contributed by atoms with Gasteiger partial charge in [-0.05, 0) is 31.5 Å². The molecule has 0 radical (unpaired) electrons. The number of hydrogen-bond acceptors (Lipinski definition) is 5. The van der Waals surface area contributed by atoms with Crippen LogP contribution in [0.3, 0.4) is 0 Å². The van der Waals surface area contributed by atoms with Gasteiger partial charge in [-0.1, -0.05) is 0 Å². The van der Waals surface area contributed by atoms with Crippen molar-refractivity contribution in [2.75, 3.05) is 7.11 Å². The van der Waals surface area contributed by atoms with Crippen molar-refractivity contribution in [3.05, 3.63) is 44.1 Å². The van der Waals surface area contributed by atoms with Gasteiger partial charge >= 0.3 is 6.18 Å². The zero-order chi connectivity index (χ0) is 17.6. The standard InChI is InChI=1S/C16H12F3NO3S/c1-7-4-10(22-3)13-11(5-7)23-15(16(17,18)19)12(14(13)21)9-6-24-8(2)20-9/h4-6H,1-3H3. The first-order valence-electron chi connectivity index (χ1n) is 6.87. The number of ether oxygens (including phenoxy) is 1. The Morgan fingerprint density at radius 1 is 1.25 bits per heavy atom. The van der Waals surface area contributed by atoms with E-state index < -0.39 is 22.9 Å². The predicted molar refractivity (Wildman–Crippen MR) is 84.6 cm³/mol. The molecule has 3 aromatic rings. The molecule has 0 unspecified atom stereocenters. The molecule has 24 heavy (non-hydrogen) atoms. The van der Waals surface area contributed by atoms with Gasteiger partial charge in [0.25, 0.3) is 0 Å². The van der Waals surface area contributed by atoms with Crippen molar-refractivity contribution in [1.82, 2.24) is 4.98 Å². The predicted octanol–water partition coefficient (Wildman–Crippen LogP) is 4.56. The molecule has 4 nitrogen and oxygen atoms in total. The molecule has 8 heteroatoms. The van der Waals surface area contributed by atoms with Gasteiger partial charge in [0, 0.05) is 5.38 Å². The lowest BCUT2D eigenvalue weighted by Crippen LogP contribution is -2.16. The van der Waals surface area contributed by atoms with Gasteiger partial charge in [0.05, 0.1) is 23.4 Å². The smallest absolute Gasteiger partial charge is 0.450 e. The quantitative estimate of drug-likeness (QED) is 0.676. The summed E-state index contributed by atoms with van der Waals surface area (Å²) in [6, 6.07) is 2.95. The van der Waals surface area contributed by atoms with Crippen LogP contribution in [-0.2, 0) is 6.18 Å². The monoisotopic (exact) mass is 355 g/mol. The highest BCUT2D eigenvalue weighted by atomic mass is 32.1. The summed E-state index contributed by atoms with van der Waals surface area (Å²) in [5.41, 5.74) is -1.01. The van der Waals surface area contributed by atoms with Gasteiger partial charge in [0.1, 0.15) is 16.7 Å². The molecule has 1 aromatic carbocycles. The average Bonchev–Trinajstić information content (AvgIpc) is 2.90. The van der Waals surface area contributed by atoms with Gasteiger partial charge in [0.15, 0.2) is 0 Å². The highest BCUT2D eigenvalue weighted by molar-refractivity contribution is 7.09. The van der Waals surface area contributed by atoms with Crippen LogP contribution in [-0.4, -0.2) is 12.1 Å². The second-order valence-corrected chi connectivity index (χ2v) is 6.29. The van der Waals surface area contributed by atoms with E-state index in [1.165, 1.54) is 18.6 Å². The Morgan fingerprint density at radius 3 is 2.50 bits per heavy atom. The molecule has 2 heterocycles. The van der Waals surface area contributed by atoms with Gasteiger partial charge in [-0.15, -0.1) is 11.3 Å². The van der Waals surface area contributed by atoms with E-state index in [0.29, 0.717) is 10.6 Å². The molecule has 0 saturated carbocycles. The van der Waals surface area contributed by atoms with Crippen molar-refractivity contribution in [1.29, 1.82) is 0 Å². The van der Waals surface area contributed by atoms with Gasteiger partial charge in [0.2, 0.25) is 11.2 Å². The molecule has 0 saturated heterocycles. The van der Waals surface area contributed by atoms with Crippen LogP contribution in [0, 0.1) is 13.8 Å². The highest BCUT2D eigenvalue weighted by Gasteiger charge is 2.40. The number of fused-ring (bicyclic) bond motifs is 1. The molecular formula is C16H12F3NO3S. The van der Waals surface area contributed by atoms with Gasteiger partial charge in [-0.2, -0.15) is 13.2 Å². The summed E-state index contributed by atoms with van der Waals surface area (Å²) in [5, 5.41) is 1.92. The number of aromatic nitrogens is 1. The van der Waals surface area contributed by atoms with Crippen LogP contribution >= 0.6 is 11.3 Å². The lowest BCUT2D eigenvalue weighted by Gasteiger charge is -2.13. The summed E-state index contributed by atoms with van der Waals surface area (Å²) < 4.78 is 50.6. The number of methoxy groups -OCH3 is 1. The van der Waals surface area contributed by atoms with E-state index in [1.54, 1.807) is 19.9 Å². The van der Waals surface area contributed by atoms with Crippen molar-refractivity contribution in [2.45, 2.75) is 20.0 Å². The Bertz CT molecular complexity index is 989. The van der Waals surface area contributed by atoms with Crippen LogP contribution in [0.4, 0.5) is 13.2 Å². The third kappa shape index (κ3) is 2.66. The zero-order valence-corrected chi connectivity index (χ0v) is 13.8. The van der Waals surface area contributed by atoms with Crippen LogP contribution < -0.4 is 10.2 Å². The fraction of sp³-hybridized carbons (Fsp3) is 0.250. The third-order valence-corrected chi connectivity index (χ3v) is 4.23. The van der Waals surface area contributed by atoms with Crippen LogP contribution in [0.2, 0.25) is 0 Å². The number of thiazole rings is 1. The summed E-state index contributed by atoms with van der Waals surface area (Å²) in [5.74, 6) is -1.18. The lowest BCUT2D eigenvalue weighted by molar-refractivity contribution is -0.152. The Kier molecular flexibility index (Phi) is 3.87. The molecule has 0 atom stereocenters. The molecule has 0 spiro atoms. The molecule has 0 aliphatic carbocycles. The largest absolute Gasteiger partial charge is 0.496 e. The fourth-order valence-electron chi connectivity index (χ4n) is 2.49. The number of benzene rings is 1. The minimum absolute atomic E-state index is 0.0308.